The van der Waals surface area contributed by atoms with Crippen molar-refractivity contribution in [2.75, 3.05) is 18.5 Å². The summed E-state index contributed by atoms with van der Waals surface area (Å²) in [4.78, 5) is 14.3. The predicted molar refractivity (Wildman–Crippen MR) is 76.9 cm³/mol. The van der Waals surface area contributed by atoms with Crippen LogP contribution in [0.3, 0.4) is 0 Å². The van der Waals surface area contributed by atoms with Crippen LogP contribution < -0.4 is 5.32 Å². The highest BCUT2D eigenvalue weighted by Crippen LogP contribution is 2.30. The fourth-order valence-electron chi connectivity index (χ4n) is 2.71. The molecular weight excluding hydrogens is 282 g/mol. The van der Waals surface area contributed by atoms with Gasteiger partial charge in [0, 0.05) is 13.2 Å². The van der Waals surface area contributed by atoms with Crippen molar-refractivity contribution in [3.63, 3.8) is 0 Å². The zero-order valence-corrected chi connectivity index (χ0v) is 11.8. The van der Waals surface area contributed by atoms with Crippen LogP contribution >= 0.6 is 11.6 Å². The lowest BCUT2D eigenvalue weighted by Gasteiger charge is -2.30. The summed E-state index contributed by atoms with van der Waals surface area (Å²) in [5, 5.41) is 23.3. The van der Waals surface area contributed by atoms with Gasteiger partial charge in [-0.2, -0.15) is 0 Å². The summed E-state index contributed by atoms with van der Waals surface area (Å²) in [5.41, 5.74) is -0.0742. The Kier molecular flexibility index (Phi) is 5.14. The molecule has 0 amide bonds. The first-order valence-corrected chi connectivity index (χ1v) is 7.14. The average Bonchev–Trinajstić information content (AvgIpc) is 2.44. The molecule has 7 heteroatoms. The topological polar surface area (TPSA) is 88.3 Å². The Balaban J connectivity index is 2.01. The van der Waals surface area contributed by atoms with E-state index >= 15 is 0 Å². The third-order valence-electron chi connectivity index (χ3n) is 3.84. The molecule has 0 aliphatic heterocycles. The Morgan fingerprint density at radius 1 is 1.40 bits per heavy atom. The quantitative estimate of drug-likeness (QED) is 0.496. The maximum atomic E-state index is 10.8. The van der Waals surface area contributed by atoms with Crippen molar-refractivity contribution in [3.8, 4) is 0 Å². The lowest BCUT2D eigenvalue weighted by molar-refractivity contribution is -0.384. The molecule has 0 aromatic carbocycles. The summed E-state index contributed by atoms with van der Waals surface area (Å²) < 4.78 is 0. The fourth-order valence-corrected chi connectivity index (χ4v) is 2.91. The Morgan fingerprint density at radius 3 is 2.75 bits per heavy atom. The molecule has 2 unspecified atom stereocenters. The van der Waals surface area contributed by atoms with Gasteiger partial charge in [0.2, 0.25) is 0 Å². The minimum Gasteiger partial charge on any atom is -0.396 e. The molecule has 6 nitrogen and oxygen atoms in total. The minimum atomic E-state index is -0.490. The van der Waals surface area contributed by atoms with Crippen LogP contribution in [0.15, 0.2) is 12.1 Å². The Hall–Kier alpha value is -1.40. The largest absolute Gasteiger partial charge is 0.396 e. The molecule has 1 saturated carbocycles. The lowest BCUT2D eigenvalue weighted by atomic mass is 9.79. The van der Waals surface area contributed by atoms with Crippen LogP contribution in [0.25, 0.3) is 0 Å². The number of nitrogens with zero attached hydrogens (tertiary/aromatic N) is 2. The Labute approximate surface area is 122 Å². The van der Waals surface area contributed by atoms with Crippen molar-refractivity contribution in [2.24, 2.45) is 11.8 Å². The molecule has 0 radical (unpaired) electrons. The van der Waals surface area contributed by atoms with E-state index in [0.29, 0.717) is 24.2 Å². The second-order valence-electron chi connectivity index (χ2n) is 5.16. The number of aliphatic hydroxyl groups is 1. The van der Waals surface area contributed by atoms with Gasteiger partial charge in [0.1, 0.15) is 11.0 Å². The molecule has 1 aromatic heterocycles. The summed E-state index contributed by atoms with van der Waals surface area (Å²) in [5.74, 6) is 1.07. The summed E-state index contributed by atoms with van der Waals surface area (Å²) >= 11 is 5.78. The van der Waals surface area contributed by atoms with Gasteiger partial charge in [0.05, 0.1) is 17.1 Å². The number of halogens is 1. The third kappa shape index (κ3) is 3.80. The van der Waals surface area contributed by atoms with Gasteiger partial charge in [0.25, 0.3) is 5.69 Å². The molecule has 1 fully saturated rings. The normalized spacial score (nSPS) is 22.5. The van der Waals surface area contributed by atoms with Crippen molar-refractivity contribution < 1.29 is 10.0 Å². The predicted octanol–water partition coefficient (Wildman–Crippen LogP) is 2.85. The molecule has 2 rings (SSSR count). The van der Waals surface area contributed by atoms with E-state index in [-0.39, 0.29) is 17.4 Å². The zero-order chi connectivity index (χ0) is 14.5. The van der Waals surface area contributed by atoms with E-state index in [1.54, 1.807) is 0 Å². The Morgan fingerprint density at radius 2 is 2.10 bits per heavy atom. The highest BCUT2D eigenvalue weighted by atomic mass is 35.5. The van der Waals surface area contributed by atoms with E-state index in [1.165, 1.54) is 12.1 Å². The molecule has 110 valence electrons. The summed E-state index contributed by atoms with van der Waals surface area (Å²) in [6.45, 7) is 0.838. The van der Waals surface area contributed by atoms with Gasteiger partial charge < -0.3 is 10.4 Å². The van der Waals surface area contributed by atoms with Crippen LogP contribution in [0, 0.1) is 22.0 Å². The molecule has 1 heterocycles. The molecule has 2 N–H and O–H groups in total. The van der Waals surface area contributed by atoms with E-state index in [2.05, 4.69) is 10.3 Å². The zero-order valence-electron chi connectivity index (χ0n) is 11.1. The second kappa shape index (κ2) is 6.85. The van der Waals surface area contributed by atoms with Crippen LogP contribution in [0.2, 0.25) is 5.15 Å². The SMILES string of the molecule is O=[N+]([O-])c1cc(Cl)nc(NCC2CCCCC2CO)c1. The van der Waals surface area contributed by atoms with Crippen molar-refractivity contribution in [1.82, 2.24) is 4.98 Å². The molecule has 0 spiro atoms. The standard InChI is InChI=1S/C13H18ClN3O3/c14-12-5-11(17(19)20)6-13(16-12)15-7-9-3-1-2-4-10(9)8-18/h5-6,9-10,18H,1-4,7-8H2,(H,15,16). The first-order valence-electron chi connectivity index (χ1n) is 6.77. The molecule has 1 aliphatic carbocycles. The first-order chi connectivity index (χ1) is 9.60. The monoisotopic (exact) mass is 299 g/mol. The van der Waals surface area contributed by atoms with Gasteiger partial charge in [-0.1, -0.05) is 24.4 Å². The molecule has 0 bridgehead atoms. The van der Waals surface area contributed by atoms with E-state index < -0.39 is 4.92 Å². The van der Waals surface area contributed by atoms with Gasteiger partial charge in [-0.05, 0) is 24.7 Å². The van der Waals surface area contributed by atoms with Crippen molar-refractivity contribution in [2.45, 2.75) is 25.7 Å². The lowest BCUT2D eigenvalue weighted by Crippen LogP contribution is -2.28. The molecule has 2 atom stereocenters. The van der Waals surface area contributed by atoms with Crippen LogP contribution in [0.1, 0.15) is 25.7 Å². The van der Waals surface area contributed by atoms with Gasteiger partial charge in [-0.25, -0.2) is 4.98 Å². The van der Waals surface area contributed by atoms with Crippen molar-refractivity contribution >= 4 is 23.1 Å². The van der Waals surface area contributed by atoms with Gasteiger partial charge >= 0.3 is 0 Å². The third-order valence-corrected chi connectivity index (χ3v) is 4.03. The number of hydrogen-bond donors (Lipinski definition) is 2. The average molecular weight is 300 g/mol. The number of nitrogens with one attached hydrogen (secondary N) is 1. The van der Waals surface area contributed by atoms with Crippen LogP contribution in [-0.4, -0.2) is 28.2 Å². The van der Waals surface area contributed by atoms with E-state index in [9.17, 15) is 15.2 Å². The molecule has 0 saturated heterocycles. The number of rotatable bonds is 5. The summed E-state index contributed by atoms with van der Waals surface area (Å²) in [6.07, 6.45) is 4.40. The highest BCUT2D eigenvalue weighted by Gasteiger charge is 2.24. The number of pyridine rings is 1. The second-order valence-corrected chi connectivity index (χ2v) is 5.55. The van der Waals surface area contributed by atoms with Crippen LogP contribution in [0.4, 0.5) is 11.5 Å². The Bertz CT molecular complexity index is 484. The van der Waals surface area contributed by atoms with E-state index in [4.69, 9.17) is 11.6 Å². The molecule has 1 aromatic rings. The fraction of sp³-hybridized carbons (Fsp3) is 0.615. The summed E-state index contributed by atoms with van der Waals surface area (Å²) in [7, 11) is 0. The van der Waals surface area contributed by atoms with Gasteiger partial charge in [0.15, 0.2) is 0 Å². The van der Waals surface area contributed by atoms with Crippen molar-refractivity contribution in [1.29, 1.82) is 0 Å². The maximum absolute atomic E-state index is 10.8. The molecule has 1 aliphatic rings. The number of anilines is 1. The van der Waals surface area contributed by atoms with Gasteiger partial charge in [-0.15, -0.1) is 0 Å². The maximum Gasteiger partial charge on any atom is 0.276 e. The van der Waals surface area contributed by atoms with Crippen LogP contribution in [-0.2, 0) is 0 Å². The van der Waals surface area contributed by atoms with Crippen LogP contribution in [0.5, 0.6) is 0 Å². The first kappa shape index (κ1) is 15.0. The van der Waals surface area contributed by atoms with E-state index in [0.717, 1.165) is 25.7 Å². The highest BCUT2D eigenvalue weighted by molar-refractivity contribution is 6.29. The molecular formula is C13H18ClN3O3. The minimum absolute atomic E-state index is 0.0742. The number of nitro groups is 1. The van der Waals surface area contributed by atoms with Gasteiger partial charge in [-0.3, -0.25) is 10.1 Å². The van der Waals surface area contributed by atoms with E-state index in [1.807, 2.05) is 0 Å². The number of aliphatic hydroxyl groups excluding tert-OH is 1. The molecule has 20 heavy (non-hydrogen) atoms. The smallest absolute Gasteiger partial charge is 0.276 e. The summed E-state index contributed by atoms with van der Waals surface area (Å²) in [6, 6.07) is 2.60. The number of aromatic nitrogens is 1. The van der Waals surface area contributed by atoms with Crippen molar-refractivity contribution in [3.05, 3.63) is 27.4 Å². The number of hydrogen-bond acceptors (Lipinski definition) is 5.